The molecule has 0 bridgehead atoms. The van der Waals surface area contributed by atoms with E-state index < -0.39 is 0 Å². The number of nitrogens with zero attached hydrogens (tertiary/aromatic N) is 2. The number of hydrogen-bond donors (Lipinski definition) is 2. The Kier molecular flexibility index (Phi) is 4.43. The first-order valence-electron chi connectivity index (χ1n) is 8.08. The van der Waals surface area contributed by atoms with Crippen LogP contribution >= 0.6 is 0 Å². The van der Waals surface area contributed by atoms with E-state index in [-0.39, 0.29) is 5.91 Å². The highest BCUT2D eigenvalue weighted by molar-refractivity contribution is 5.78. The molecule has 3 rings (SSSR count). The molecule has 0 aliphatic carbocycles. The van der Waals surface area contributed by atoms with E-state index in [0.717, 1.165) is 37.3 Å². The zero-order valence-electron chi connectivity index (χ0n) is 13.3. The van der Waals surface area contributed by atoms with Gasteiger partial charge in [-0.2, -0.15) is 0 Å². The Labute approximate surface area is 131 Å². The van der Waals surface area contributed by atoms with Crippen molar-refractivity contribution in [3.63, 3.8) is 0 Å². The van der Waals surface area contributed by atoms with Crippen LogP contribution in [0.2, 0.25) is 0 Å². The maximum absolute atomic E-state index is 11.2. The molecule has 0 radical (unpaired) electrons. The highest BCUT2D eigenvalue weighted by atomic mass is 16.1. The normalized spacial score (nSPS) is 19.5. The molecule has 118 valence electrons. The molecule has 0 saturated carbocycles. The van der Waals surface area contributed by atoms with Gasteiger partial charge in [-0.1, -0.05) is 12.1 Å². The minimum absolute atomic E-state index is 0.192. The van der Waals surface area contributed by atoms with Gasteiger partial charge in [0.05, 0.1) is 11.0 Å². The van der Waals surface area contributed by atoms with Crippen LogP contribution in [0.3, 0.4) is 0 Å². The summed E-state index contributed by atoms with van der Waals surface area (Å²) in [5, 5.41) is 6.58. The summed E-state index contributed by atoms with van der Waals surface area (Å²) in [6.07, 6.45) is 2.64. The number of para-hydroxylation sites is 2. The number of benzene rings is 1. The number of imidazole rings is 1. The number of carbonyl (C=O) groups is 1. The van der Waals surface area contributed by atoms with Gasteiger partial charge in [-0.25, -0.2) is 4.98 Å². The van der Waals surface area contributed by atoms with Crippen LogP contribution in [0.5, 0.6) is 0 Å². The summed E-state index contributed by atoms with van der Waals surface area (Å²) in [7, 11) is 0. The van der Waals surface area contributed by atoms with Crippen molar-refractivity contribution in [1.82, 2.24) is 20.2 Å². The van der Waals surface area contributed by atoms with Crippen LogP contribution in [0.4, 0.5) is 0 Å². The largest absolute Gasteiger partial charge is 0.353 e. The lowest BCUT2D eigenvalue weighted by atomic mass is 10.1. The minimum Gasteiger partial charge on any atom is -0.353 e. The average Bonchev–Trinajstić information content (AvgIpc) is 3.03. The molecular weight excluding hydrogens is 276 g/mol. The van der Waals surface area contributed by atoms with Gasteiger partial charge in [-0.05, 0) is 38.8 Å². The van der Waals surface area contributed by atoms with Gasteiger partial charge in [0, 0.05) is 31.6 Å². The topological polar surface area (TPSA) is 59.0 Å². The fraction of sp³-hybridized carbons (Fsp3) is 0.529. The third-order valence-electron chi connectivity index (χ3n) is 4.40. The lowest BCUT2D eigenvalue weighted by Crippen LogP contribution is -2.36. The van der Waals surface area contributed by atoms with E-state index >= 15 is 0 Å². The fourth-order valence-electron chi connectivity index (χ4n) is 3.27. The number of carbonyl (C=O) groups excluding carboxylic acids is 1. The van der Waals surface area contributed by atoms with Crippen molar-refractivity contribution in [3.05, 3.63) is 30.1 Å². The molecule has 1 fully saturated rings. The average molecular weight is 300 g/mol. The molecule has 2 aromatic rings. The van der Waals surface area contributed by atoms with Gasteiger partial charge in [0.15, 0.2) is 0 Å². The van der Waals surface area contributed by atoms with E-state index in [1.807, 2.05) is 6.07 Å². The van der Waals surface area contributed by atoms with Crippen molar-refractivity contribution < 1.29 is 4.79 Å². The zero-order valence-corrected chi connectivity index (χ0v) is 13.3. The lowest BCUT2D eigenvalue weighted by Gasteiger charge is -2.18. The van der Waals surface area contributed by atoms with Gasteiger partial charge < -0.3 is 15.2 Å². The fourth-order valence-corrected chi connectivity index (χ4v) is 3.27. The van der Waals surface area contributed by atoms with Crippen molar-refractivity contribution in [2.75, 3.05) is 6.54 Å². The Morgan fingerprint density at radius 2 is 2.27 bits per heavy atom. The highest BCUT2D eigenvalue weighted by Crippen LogP contribution is 2.15. The standard InChI is InChI=1S/C17H24N4O/c1-12(11-14-7-8-17(22)20-14)18-9-10-21-13(2)19-15-5-3-4-6-16(15)21/h3-6,12,14,18H,7-11H2,1-2H3,(H,20,22). The quantitative estimate of drug-likeness (QED) is 0.858. The van der Waals surface area contributed by atoms with Crippen molar-refractivity contribution in [3.8, 4) is 0 Å². The zero-order chi connectivity index (χ0) is 15.5. The Morgan fingerprint density at radius 1 is 1.45 bits per heavy atom. The molecule has 2 atom stereocenters. The summed E-state index contributed by atoms with van der Waals surface area (Å²) in [5.41, 5.74) is 2.25. The Bertz CT molecular complexity index is 664. The summed E-state index contributed by atoms with van der Waals surface area (Å²) in [6, 6.07) is 8.99. The van der Waals surface area contributed by atoms with Crippen LogP contribution in [0.1, 0.15) is 32.0 Å². The summed E-state index contributed by atoms with van der Waals surface area (Å²) in [5.74, 6) is 1.25. The van der Waals surface area contributed by atoms with Crippen molar-refractivity contribution in [2.24, 2.45) is 0 Å². The lowest BCUT2D eigenvalue weighted by molar-refractivity contribution is -0.119. The van der Waals surface area contributed by atoms with Gasteiger partial charge in [-0.3, -0.25) is 4.79 Å². The van der Waals surface area contributed by atoms with Crippen molar-refractivity contribution in [2.45, 2.75) is 51.7 Å². The number of fused-ring (bicyclic) bond motifs is 1. The van der Waals surface area contributed by atoms with Crippen LogP contribution in [-0.2, 0) is 11.3 Å². The number of aryl methyl sites for hydroxylation is 1. The first-order chi connectivity index (χ1) is 10.6. The molecule has 22 heavy (non-hydrogen) atoms. The first kappa shape index (κ1) is 15.0. The highest BCUT2D eigenvalue weighted by Gasteiger charge is 2.22. The van der Waals surface area contributed by atoms with E-state index in [0.29, 0.717) is 18.5 Å². The molecule has 1 saturated heterocycles. The SMILES string of the molecule is Cc1nc2ccccc2n1CCNC(C)CC1CCC(=O)N1. The second-order valence-corrected chi connectivity index (χ2v) is 6.19. The number of aromatic nitrogens is 2. The Morgan fingerprint density at radius 3 is 3.05 bits per heavy atom. The van der Waals surface area contributed by atoms with E-state index in [2.05, 4.69) is 52.2 Å². The minimum atomic E-state index is 0.192. The molecule has 2 heterocycles. The molecule has 5 nitrogen and oxygen atoms in total. The van der Waals surface area contributed by atoms with Crippen molar-refractivity contribution >= 4 is 16.9 Å². The molecule has 1 aromatic carbocycles. The molecule has 2 unspecified atom stereocenters. The summed E-state index contributed by atoms with van der Waals surface area (Å²) < 4.78 is 2.26. The molecule has 1 aromatic heterocycles. The first-order valence-corrected chi connectivity index (χ1v) is 8.08. The molecule has 2 N–H and O–H groups in total. The van der Waals surface area contributed by atoms with Crippen molar-refractivity contribution in [1.29, 1.82) is 0 Å². The number of amides is 1. The van der Waals surface area contributed by atoms with E-state index in [1.54, 1.807) is 0 Å². The van der Waals surface area contributed by atoms with Gasteiger partial charge >= 0.3 is 0 Å². The predicted octanol–water partition coefficient (Wildman–Crippen LogP) is 1.99. The summed E-state index contributed by atoms with van der Waals surface area (Å²) in [6.45, 7) is 6.05. The maximum atomic E-state index is 11.2. The smallest absolute Gasteiger partial charge is 0.220 e. The number of rotatable bonds is 6. The molecule has 5 heteroatoms. The Hall–Kier alpha value is -1.88. The second-order valence-electron chi connectivity index (χ2n) is 6.19. The number of hydrogen-bond acceptors (Lipinski definition) is 3. The van der Waals surface area contributed by atoms with E-state index in [9.17, 15) is 4.79 Å². The van der Waals surface area contributed by atoms with Gasteiger partial charge in [0.25, 0.3) is 0 Å². The second kappa shape index (κ2) is 6.48. The van der Waals surface area contributed by atoms with E-state index in [4.69, 9.17) is 0 Å². The molecule has 1 aliphatic heterocycles. The third-order valence-corrected chi connectivity index (χ3v) is 4.40. The maximum Gasteiger partial charge on any atom is 0.220 e. The van der Waals surface area contributed by atoms with Gasteiger partial charge in [0.1, 0.15) is 5.82 Å². The predicted molar refractivity (Wildman–Crippen MR) is 87.7 cm³/mol. The van der Waals surface area contributed by atoms with Crippen LogP contribution in [0.15, 0.2) is 24.3 Å². The van der Waals surface area contributed by atoms with Gasteiger partial charge in [-0.15, -0.1) is 0 Å². The summed E-state index contributed by atoms with van der Waals surface area (Å²) >= 11 is 0. The molecular formula is C17H24N4O. The molecule has 0 spiro atoms. The molecule has 1 aliphatic rings. The van der Waals surface area contributed by atoms with Crippen LogP contribution in [0.25, 0.3) is 11.0 Å². The number of nitrogens with one attached hydrogen (secondary N) is 2. The van der Waals surface area contributed by atoms with E-state index in [1.165, 1.54) is 5.52 Å². The van der Waals surface area contributed by atoms with Crippen LogP contribution < -0.4 is 10.6 Å². The Balaban J connectivity index is 1.51. The van der Waals surface area contributed by atoms with Crippen LogP contribution in [-0.4, -0.2) is 34.1 Å². The summed E-state index contributed by atoms with van der Waals surface area (Å²) in [4.78, 5) is 15.8. The molecule has 1 amide bonds. The third kappa shape index (κ3) is 3.30. The monoisotopic (exact) mass is 300 g/mol. The van der Waals surface area contributed by atoms with Gasteiger partial charge in [0.2, 0.25) is 5.91 Å². The van der Waals surface area contributed by atoms with Crippen LogP contribution in [0, 0.1) is 6.92 Å².